The molecular weight excluding hydrogens is 172 g/mol. The zero-order chi connectivity index (χ0) is 8.55. The molecule has 5 heteroatoms. The molecule has 0 spiro atoms. The fourth-order valence-corrected chi connectivity index (χ4v) is 1.60. The molecule has 1 aromatic carbocycles. The number of hydrogen-bond donors (Lipinski definition) is 2. The van der Waals surface area contributed by atoms with Gasteiger partial charge >= 0.3 is 0 Å². The molecule has 2 aromatic rings. The Morgan fingerprint density at radius 3 is 3.00 bits per heavy atom. The van der Waals surface area contributed by atoms with E-state index in [4.69, 9.17) is 11.1 Å². The lowest BCUT2D eigenvalue weighted by Crippen LogP contribution is -1.89. The molecule has 0 saturated heterocycles. The quantitative estimate of drug-likeness (QED) is 0.510. The van der Waals surface area contributed by atoms with Crippen molar-refractivity contribution in [1.82, 2.24) is 8.75 Å². The monoisotopic (exact) mass is 178 g/mol. The molecule has 1 heterocycles. The molecule has 0 aliphatic rings. The summed E-state index contributed by atoms with van der Waals surface area (Å²) in [4.78, 5) is 0. The number of nitrogens with two attached hydrogens (primary N) is 1. The van der Waals surface area contributed by atoms with Crippen LogP contribution in [0.1, 0.15) is 5.56 Å². The van der Waals surface area contributed by atoms with E-state index in [0.717, 1.165) is 28.3 Å². The van der Waals surface area contributed by atoms with Gasteiger partial charge in [-0.05, 0) is 12.1 Å². The van der Waals surface area contributed by atoms with Crippen molar-refractivity contribution in [3.05, 3.63) is 17.7 Å². The highest BCUT2D eigenvalue weighted by molar-refractivity contribution is 7.00. The second-order valence-electron chi connectivity index (χ2n) is 2.39. The van der Waals surface area contributed by atoms with Crippen LogP contribution in [0.3, 0.4) is 0 Å². The summed E-state index contributed by atoms with van der Waals surface area (Å²) in [6.07, 6.45) is 1.24. The van der Waals surface area contributed by atoms with Crippen LogP contribution >= 0.6 is 11.7 Å². The van der Waals surface area contributed by atoms with E-state index < -0.39 is 0 Å². The van der Waals surface area contributed by atoms with Gasteiger partial charge in [-0.1, -0.05) is 0 Å². The van der Waals surface area contributed by atoms with Gasteiger partial charge < -0.3 is 11.1 Å². The second kappa shape index (κ2) is 2.53. The lowest BCUT2D eigenvalue weighted by Gasteiger charge is -1.95. The van der Waals surface area contributed by atoms with Gasteiger partial charge in [-0.2, -0.15) is 8.75 Å². The molecule has 4 nitrogen and oxygen atoms in total. The lowest BCUT2D eigenvalue weighted by molar-refractivity contribution is 1.54. The van der Waals surface area contributed by atoms with Gasteiger partial charge in [0, 0.05) is 17.5 Å². The van der Waals surface area contributed by atoms with E-state index >= 15 is 0 Å². The maximum atomic E-state index is 7.12. The van der Waals surface area contributed by atoms with Crippen molar-refractivity contribution in [3.8, 4) is 0 Å². The minimum Gasteiger partial charge on any atom is -0.399 e. The Labute approximate surface area is 72.9 Å². The van der Waals surface area contributed by atoms with Crippen molar-refractivity contribution >= 4 is 34.7 Å². The van der Waals surface area contributed by atoms with E-state index in [2.05, 4.69) is 8.75 Å². The molecule has 0 amide bonds. The van der Waals surface area contributed by atoms with Crippen molar-refractivity contribution in [2.75, 3.05) is 5.73 Å². The molecule has 0 aliphatic heterocycles. The fourth-order valence-electron chi connectivity index (χ4n) is 1.05. The number of aromatic nitrogens is 2. The first-order valence-corrected chi connectivity index (χ1v) is 4.06. The van der Waals surface area contributed by atoms with Crippen LogP contribution in [0.4, 0.5) is 5.69 Å². The van der Waals surface area contributed by atoms with Crippen LogP contribution in [0.2, 0.25) is 0 Å². The van der Waals surface area contributed by atoms with Gasteiger partial charge in [-0.25, -0.2) is 0 Å². The molecule has 2 rings (SSSR count). The normalized spacial score (nSPS) is 10.3. The molecule has 0 saturated carbocycles. The molecule has 1 aromatic heterocycles. The summed E-state index contributed by atoms with van der Waals surface area (Å²) in [5, 5.41) is 7.12. The summed E-state index contributed by atoms with van der Waals surface area (Å²) in [5.74, 6) is 0. The van der Waals surface area contributed by atoms with Gasteiger partial charge in [-0.15, -0.1) is 0 Å². The van der Waals surface area contributed by atoms with E-state index in [-0.39, 0.29) is 0 Å². The molecule has 0 radical (unpaired) electrons. The largest absolute Gasteiger partial charge is 0.399 e. The number of anilines is 1. The molecule has 0 fully saturated rings. The van der Waals surface area contributed by atoms with Crippen molar-refractivity contribution in [1.29, 1.82) is 5.41 Å². The summed E-state index contributed by atoms with van der Waals surface area (Å²) >= 11 is 1.13. The summed E-state index contributed by atoms with van der Waals surface area (Å²) in [5.41, 5.74) is 8.45. The Hall–Kier alpha value is -1.49. The number of nitrogens with zero attached hydrogens (tertiary/aromatic N) is 2. The molecular formula is C7H6N4S. The minimum absolute atomic E-state index is 0.619. The van der Waals surface area contributed by atoms with Crippen LogP contribution in [0, 0.1) is 5.41 Å². The Balaban J connectivity index is 2.88. The van der Waals surface area contributed by atoms with Gasteiger partial charge in [0.15, 0.2) is 0 Å². The van der Waals surface area contributed by atoms with Gasteiger partial charge in [0.25, 0.3) is 0 Å². The highest BCUT2D eigenvalue weighted by atomic mass is 32.1. The molecule has 0 aliphatic carbocycles. The van der Waals surface area contributed by atoms with Gasteiger partial charge in [0.1, 0.15) is 11.0 Å². The Kier molecular flexibility index (Phi) is 1.51. The van der Waals surface area contributed by atoms with Crippen molar-refractivity contribution < 1.29 is 0 Å². The maximum absolute atomic E-state index is 7.12. The molecule has 60 valence electrons. The molecule has 3 N–H and O–H groups in total. The van der Waals surface area contributed by atoms with Crippen LogP contribution in [0.25, 0.3) is 11.0 Å². The number of nitrogens with one attached hydrogen (secondary N) is 1. The van der Waals surface area contributed by atoms with Gasteiger partial charge in [-0.3, -0.25) is 0 Å². The first-order chi connectivity index (χ1) is 5.81. The number of fused-ring (bicyclic) bond motifs is 1. The zero-order valence-electron chi connectivity index (χ0n) is 6.11. The highest BCUT2D eigenvalue weighted by Crippen LogP contribution is 2.18. The molecule has 0 atom stereocenters. The summed E-state index contributed by atoms with van der Waals surface area (Å²) in [7, 11) is 0. The average Bonchev–Trinajstić information content (AvgIpc) is 2.50. The van der Waals surface area contributed by atoms with E-state index in [0.29, 0.717) is 5.69 Å². The fraction of sp³-hybridized carbons (Fsp3) is 0. The van der Waals surface area contributed by atoms with Crippen LogP contribution in [-0.4, -0.2) is 15.0 Å². The first-order valence-electron chi connectivity index (χ1n) is 3.33. The van der Waals surface area contributed by atoms with Crippen molar-refractivity contribution in [2.24, 2.45) is 0 Å². The maximum Gasteiger partial charge on any atom is 0.113 e. The lowest BCUT2D eigenvalue weighted by atomic mass is 10.2. The minimum atomic E-state index is 0.619. The van der Waals surface area contributed by atoms with Gasteiger partial charge in [0.05, 0.1) is 11.7 Å². The third kappa shape index (κ3) is 0.947. The number of benzene rings is 1. The predicted octanol–water partition coefficient (Wildman–Crippen LogP) is 1.27. The highest BCUT2D eigenvalue weighted by Gasteiger charge is 2.03. The van der Waals surface area contributed by atoms with E-state index in [1.54, 1.807) is 12.1 Å². The first kappa shape index (κ1) is 7.17. The third-order valence-electron chi connectivity index (χ3n) is 1.57. The number of nitrogen functional groups attached to an aromatic ring is 1. The zero-order valence-corrected chi connectivity index (χ0v) is 6.93. The third-order valence-corrected chi connectivity index (χ3v) is 2.11. The Morgan fingerprint density at radius 1 is 1.42 bits per heavy atom. The van der Waals surface area contributed by atoms with E-state index in [1.807, 2.05) is 0 Å². The van der Waals surface area contributed by atoms with Crippen molar-refractivity contribution in [2.45, 2.75) is 0 Å². The standard InChI is InChI=1S/C7H6N4S/c8-3-4-1-5(9)2-6-7(4)11-12-10-6/h1-3,8H,9H2. The smallest absolute Gasteiger partial charge is 0.113 e. The SMILES string of the molecule is N=Cc1cc(N)cc2nsnc12. The molecule has 0 bridgehead atoms. The Bertz CT molecular complexity index is 434. The van der Waals surface area contributed by atoms with Crippen molar-refractivity contribution in [3.63, 3.8) is 0 Å². The predicted molar refractivity (Wildman–Crippen MR) is 49.7 cm³/mol. The Morgan fingerprint density at radius 2 is 2.25 bits per heavy atom. The molecule has 12 heavy (non-hydrogen) atoms. The van der Waals surface area contributed by atoms with Crippen LogP contribution in [-0.2, 0) is 0 Å². The topological polar surface area (TPSA) is 75.7 Å². The number of hydrogen-bond acceptors (Lipinski definition) is 5. The summed E-state index contributed by atoms with van der Waals surface area (Å²) in [6.45, 7) is 0. The second-order valence-corrected chi connectivity index (χ2v) is 2.91. The number of rotatable bonds is 1. The van der Waals surface area contributed by atoms with E-state index in [1.165, 1.54) is 6.21 Å². The summed E-state index contributed by atoms with van der Waals surface area (Å²) in [6, 6.07) is 3.47. The molecule has 0 unspecified atom stereocenters. The van der Waals surface area contributed by atoms with Crippen LogP contribution < -0.4 is 5.73 Å². The van der Waals surface area contributed by atoms with Crippen LogP contribution in [0.5, 0.6) is 0 Å². The summed E-state index contributed by atoms with van der Waals surface area (Å²) < 4.78 is 8.09. The van der Waals surface area contributed by atoms with Gasteiger partial charge in [0.2, 0.25) is 0 Å². The van der Waals surface area contributed by atoms with Crippen LogP contribution in [0.15, 0.2) is 12.1 Å². The average molecular weight is 178 g/mol. The van der Waals surface area contributed by atoms with E-state index in [9.17, 15) is 0 Å².